The summed E-state index contributed by atoms with van der Waals surface area (Å²) < 4.78 is 5.14. The van der Waals surface area contributed by atoms with Gasteiger partial charge in [-0.15, -0.1) is 0 Å². The number of ether oxygens (including phenoxy) is 1. The van der Waals surface area contributed by atoms with Crippen LogP contribution in [0, 0.1) is 0 Å². The molecule has 0 aliphatic heterocycles. The van der Waals surface area contributed by atoms with Gasteiger partial charge in [0.25, 0.3) is 0 Å². The first-order valence-corrected chi connectivity index (χ1v) is 4.82. The van der Waals surface area contributed by atoms with Crippen LogP contribution in [0.1, 0.15) is 5.56 Å². The van der Waals surface area contributed by atoms with E-state index in [1.165, 1.54) is 7.11 Å². The molecule has 0 atom stereocenters. The van der Waals surface area contributed by atoms with E-state index in [1.54, 1.807) is 6.08 Å². The van der Waals surface area contributed by atoms with Crippen molar-refractivity contribution in [2.45, 2.75) is 0 Å². The number of hydrogen-bond donors (Lipinski definition) is 0. The first kappa shape index (κ1) is 10.2. The van der Waals surface area contributed by atoms with Gasteiger partial charge in [0.2, 0.25) is 0 Å². The summed E-state index contributed by atoms with van der Waals surface area (Å²) in [5.41, 5.74) is 0.998. The third-order valence-electron chi connectivity index (χ3n) is 1.47. The van der Waals surface area contributed by atoms with Gasteiger partial charge in [0.05, 0.1) is 10.7 Å². The summed E-state index contributed by atoms with van der Waals surface area (Å²) in [6.45, 7) is 0. The molecule has 0 saturated heterocycles. The highest BCUT2D eigenvalue weighted by atomic mass is 127. The van der Waals surface area contributed by atoms with E-state index in [-0.39, 0.29) is 5.97 Å². The van der Waals surface area contributed by atoms with Crippen LogP contribution < -0.4 is 0 Å². The first-order valence-electron chi connectivity index (χ1n) is 3.74. The molecular weight excluding hydrogens is 279 g/mol. The fraction of sp³-hybridized carbons (Fsp3) is 0.100. The maximum Gasteiger partial charge on any atom is 0.344 e. The lowest BCUT2D eigenvalue weighted by Crippen LogP contribution is -1.98. The zero-order valence-electron chi connectivity index (χ0n) is 7.16. The fourth-order valence-electron chi connectivity index (χ4n) is 0.852. The lowest BCUT2D eigenvalue weighted by molar-refractivity contribution is -0.134. The molecule has 0 unspecified atom stereocenters. The van der Waals surface area contributed by atoms with Crippen molar-refractivity contribution in [3.8, 4) is 0 Å². The Bertz CT molecular complexity index is 317. The molecule has 0 amide bonds. The summed E-state index contributed by atoms with van der Waals surface area (Å²) in [5.74, 6) is -0.301. The van der Waals surface area contributed by atoms with Crippen molar-refractivity contribution in [2.24, 2.45) is 0 Å². The SMILES string of the molecule is COC(=O)/C(I)=C\c1ccccc1. The molecule has 0 aromatic heterocycles. The first-order chi connectivity index (χ1) is 6.24. The van der Waals surface area contributed by atoms with Crippen LogP contribution in [0.15, 0.2) is 33.9 Å². The van der Waals surface area contributed by atoms with Crippen LogP contribution >= 0.6 is 22.6 Å². The Morgan fingerprint density at radius 3 is 2.54 bits per heavy atom. The summed E-state index contributed by atoms with van der Waals surface area (Å²) in [4.78, 5) is 11.0. The van der Waals surface area contributed by atoms with Gasteiger partial charge in [0.15, 0.2) is 0 Å². The summed E-state index contributed by atoms with van der Waals surface area (Å²) in [7, 11) is 1.37. The van der Waals surface area contributed by atoms with Gasteiger partial charge in [-0.2, -0.15) is 0 Å². The van der Waals surface area contributed by atoms with Crippen molar-refractivity contribution >= 4 is 34.6 Å². The van der Waals surface area contributed by atoms with Crippen molar-refractivity contribution in [1.29, 1.82) is 0 Å². The van der Waals surface area contributed by atoms with Gasteiger partial charge in [-0.3, -0.25) is 0 Å². The standard InChI is InChI=1S/C10H9IO2/c1-13-10(12)9(11)7-8-5-3-2-4-6-8/h2-7H,1H3/b9-7+. The number of carbonyl (C=O) groups excluding carboxylic acids is 1. The van der Waals surface area contributed by atoms with Crippen LogP contribution in [0.25, 0.3) is 6.08 Å². The Balaban J connectivity index is 2.83. The zero-order chi connectivity index (χ0) is 9.68. The lowest BCUT2D eigenvalue weighted by atomic mass is 10.2. The monoisotopic (exact) mass is 288 g/mol. The normalized spacial score (nSPS) is 11.1. The van der Waals surface area contributed by atoms with Crippen molar-refractivity contribution in [1.82, 2.24) is 0 Å². The Labute approximate surface area is 90.7 Å². The van der Waals surface area contributed by atoms with E-state index in [0.29, 0.717) is 3.58 Å². The zero-order valence-corrected chi connectivity index (χ0v) is 9.32. The van der Waals surface area contributed by atoms with Crippen LogP contribution in [0.2, 0.25) is 0 Å². The second kappa shape index (κ2) is 5.01. The molecule has 0 bridgehead atoms. The van der Waals surface area contributed by atoms with E-state index in [2.05, 4.69) is 4.74 Å². The van der Waals surface area contributed by atoms with Crippen molar-refractivity contribution in [2.75, 3.05) is 7.11 Å². The molecular formula is C10H9IO2. The minimum absolute atomic E-state index is 0.301. The molecule has 0 spiro atoms. The van der Waals surface area contributed by atoms with Crippen LogP contribution in [-0.2, 0) is 9.53 Å². The summed E-state index contributed by atoms with van der Waals surface area (Å²) in [6.07, 6.45) is 1.78. The molecule has 0 N–H and O–H groups in total. The molecule has 3 heteroatoms. The molecule has 1 aromatic carbocycles. The van der Waals surface area contributed by atoms with Crippen LogP contribution in [0.3, 0.4) is 0 Å². The third kappa shape index (κ3) is 3.18. The molecule has 0 saturated carbocycles. The average molecular weight is 288 g/mol. The Morgan fingerprint density at radius 2 is 2.00 bits per heavy atom. The molecule has 0 heterocycles. The van der Waals surface area contributed by atoms with Crippen molar-refractivity contribution in [3.05, 3.63) is 39.5 Å². The fourth-order valence-corrected chi connectivity index (χ4v) is 1.43. The predicted molar refractivity (Wildman–Crippen MR) is 60.5 cm³/mol. The van der Waals surface area contributed by atoms with E-state index >= 15 is 0 Å². The number of hydrogen-bond acceptors (Lipinski definition) is 2. The summed E-state index contributed by atoms with van der Waals surface area (Å²) in [5, 5.41) is 0. The van der Waals surface area contributed by atoms with Crippen LogP contribution in [0.4, 0.5) is 0 Å². The minimum atomic E-state index is -0.301. The molecule has 0 aliphatic carbocycles. The number of benzene rings is 1. The van der Waals surface area contributed by atoms with E-state index in [0.717, 1.165) is 5.56 Å². The molecule has 0 aliphatic rings. The van der Waals surface area contributed by atoms with Gasteiger partial charge < -0.3 is 4.74 Å². The van der Waals surface area contributed by atoms with Gasteiger partial charge in [0, 0.05) is 0 Å². The molecule has 68 valence electrons. The van der Waals surface area contributed by atoms with Gasteiger partial charge in [0.1, 0.15) is 0 Å². The second-order valence-corrected chi connectivity index (χ2v) is 3.56. The Morgan fingerprint density at radius 1 is 1.38 bits per heavy atom. The Kier molecular flexibility index (Phi) is 3.95. The molecule has 0 fully saturated rings. The number of esters is 1. The quantitative estimate of drug-likeness (QED) is 0.475. The highest BCUT2D eigenvalue weighted by Crippen LogP contribution is 2.13. The largest absolute Gasteiger partial charge is 0.465 e. The number of rotatable bonds is 2. The van der Waals surface area contributed by atoms with Crippen molar-refractivity contribution in [3.63, 3.8) is 0 Å². The van der Waals surface area contributed by atoms with Crippen LogP contribution in [-0.4, -0.2) is 13.1 Å². The van der Waals surface area contributed by atoms with E-state index in [4.69, 9.17) is 0 Å². The summed E-state index contributed by atoms with van der Waals surface area (Å²) >= 11 is 1.96. The van der Waals surface area contributed by atoms with Gasteiger partial charge in [-0.05, 0) is 34.2 Å². The van der Waals surface area contributed by atoms with Gasteiger partial charge in [-0.25, -0.2) is 4.79 Å². The summed E-state index contributed by atoms with van der Waals surface area (Å²) in [6, 6.07) is 9.64. The number of halogens is 1. The smallest absolute Gasteiger partial charge is 0.344 e. The average Bonchev–Trinajstić information content (AvgIpc) is 2.18. The van der Waals surface area contributed by atoms with Crippen molar-refractivity contribution < 1.29 is 9.53 Å². The topological polar surface area (TPSA) is 26.3 Å². The van der Waals surface area contributed by atoms with Crippen LogP contribution in [0.5, 0.6) is 0 Å². The second-order valence-electron chi connectivity index (χ2n) is 2.39. The highest BCUT2D eigenvalue weighted by molar-refractivity contribution is 14.1. The van der Waals surface area contributed by atoms with E-state index in [9.17, 15) is 4.79 Å². The Hall–Kier alpha value is -0.840. The van der Waals surface area contributed by atoms with Gasteiger partial charge in [-0.1, -0.05) is 30.3 Å². The van der Waals surface area contributed by atoms with E-state index < -0.39 is 0 Å². The molecule has 1 rings (SSSR count). The number of methoxy groups -OCH3 is 1. The molecule has 2 nitrogen and oxygen atoms in total. The third-order valence-corrected chi connectivity index (χ3v) is 2.23. The van der Waals surface area contributed by atoms with Gasteiger partial charge >= 0.3 is 5.97 Å². The lowest BCUT2D eigenvalue weighted by Gasteiger charge is -1.96. The maximum absolute atomic E-state index is 11.0. The molecule has 13 heavy (non-hydrogen) atoms. The van der Waals surface area contributed by atoms with E-state index in [1.807, 2.05) is 52.9 Å². The minimum Gasteiger partial charge on any atom is -0.465 e. The molecule has 0 radical (unpaired) electrons. The number of carbonyl (C=O) groups is 1. The predicted octanol–water partition coefficient (Wildman–Crippen LogP) is 2.64. The molecule has 1 aromatic rings. The highest BCUT2D eigenvalue weighted by Gasteiger charge is 2.03. The maximum atomic E-state index is 11.0.